The number of halogens is 3. The molecule has 0 saturated carbocycles. The van der Waals surface area contributed by atoms with E-state index in [1.807, 2.05) is 0 Å². The Kier molecular flexibility index (Phi) is 2.39. The molecule has 0 saturated heterocycles. The molecule has 1 heterocycles. The molecule has 2 nitrogen and oxygen atoms in total. The highest BCUT2D eigenvalue weighted by atomic mass is 79.9. The van der Waals surface area contributed by atoms with E-state index in [-0.39, 0.29) is 5.82 Å². The molecule has 54 valence electrons. The molecular formula is C5H3BrCl2N2. The molecule has 0 atom stereocenters. The molecule has 0 aromatic carbocycles. The Hall–Kier alpha value is 0.01000. The van der Waals surface area contributed by atoms with Gasteiger partial charge in [0.25, 0.3) is 0 Å². The molecule has 0 aliphatic heterocycles. The van der Waals surface area contributed by atoms with Gasteiger partial charge in [-0.3, -0.25) is 0 Å². The maximum absolute atomic E-state index is 5.66. The van der Waals surface area contributed by atoms with Gasteiger partial charge in [0.1, 0.15) is 5.82 Å². The number of aromatic nitrogens is 1. The smallest absolute Gasteiger partial charge is 0.143 e. The monoisotopic (exact) mass is 240 g/mol. The SMILES string of the molecule is Nc1ncc(Cl)c(Br)c1Cl. The molecule has 0 aliphatic carbocycles. The van der Waals surface area contributed by atoms with Gasteiger partial charge < -0.3 is 5.73 Å². The maximum Gasteiger partial charge on any atom is 0.143 e. The van der Waals surface area contributed by atoms with Crippen LogP contribution in [0.25, 0.3) is 0 Å². The third-order valence-corrected chi connectivity index (χ3v) is 2.89. The van der Waals surface area contributed by atoms with Crippen molar-refractivity contribution in [3.8, 4) is 0 Å². The van der Waals surface area contributed by atoms with Gasteiger partial charge in [0.05, 0.1) is 14.5 Å². The average Bonchev–Trinajstić information content (AvgIpc) is 1.93. The van der Waals surface area contributed by atoms with Crippen LogP contribution in [-0.4, -0.2) is 4.98 Å². The van der Waals surface area contributed by atoms with Crippen LogP contribution in [0.5, 0.6) is 0 Å². The van der Waals surface area contributed by atoms with Crippen LogP contribution < -0.4 is 5.73 Å². The molecule has 0 bridgehead atoms. The number of nitrogens with zero attached hydrogens (tertiary/aromatic N) is 1. The predicted molar refractivity (Wildman–Crippen MR) is 46.4 cm³/mol. The summed E-state index contributed by atoms with van der Waals surface area (Å²) in [5, 5.41) is 0.812. The normalized spacial score (nSPS) is 9.90. The van der Waals surface area contributed by atoms with Gasteiger partial charge in [-0.1, -0.05) is 23.2 Å². The van der Waals surface area contributed by atoms with E-state index in [1.165, 1.54) is 6.20 Å². The molecule has 1 rings (SSSR count). The molecule has 1 aromatic rings. The van der Waals surface area contributed by atoms with Gasteiger partial charge in [-0.25, -0.2) is 4.98 Å². The van der Waals surface area contributed by atoms with E-state index >= 15 is 0 Å². The van der Waals surface area contributed by atoms with Crippen LogP contribution in [-0.2, 0) is 0 Å². The molecule has 0 radical (unpaired) electrons. The van der Waals surface area contributed by atoms with Gasteiger partial charge in [-0.2, -0.15) is 0 Å². The second-order valence-corrected chi connectivity index (χ2v) is 3.20. The van der Waals surface area contributed by atoms with Crippen molar-refractivity contribution in [3.63, 3.8) is 0 Å². The third kappa shape index (κ3) is 1.36. The Morgan fingerprint density at radius 2 is 2.10 bits per heavy atom. The number of pyridine rings is 1. The highest BCUT2D eigenvalue weighted by molar-refractivity contribution is 9.10. The lowest BCUT2D eigenvalue weighted by molar-refractivity contribution is 1.32. The first-order valence-corrected chi connectivity index (χ1v) is 3.93. The molecule has 0 aliphatic rings. The van der Waals surface area contributed by atoms with E-state index in [9.17, 15) is 0 Å². The molecule has 0 unspecified atom stereocenters. The zero-order chi connectivity index (χ0) is 7.72. The Balaban J connectivity index is 3.34. The molecule has 5 heteroatoms. The fraction of sp³-hybridized carbons (Fsp3) is 0. The third-order valence-electron chi connectivity index (χ3n) is 0.944. The second-order valence-electron chi connectivity index (χ2n) is 1.62. The van der Waals surface area contributed by atoms with Gasteiger partial charge in [-0.05, 0) is 15.9 Å². The Morgan fingerprint density at radius 1 is 1.50 bits per heavy atom. The van der Waals surface area contributed by atoms with Crippen molar-refractivity contribution in [1.82, 2.24) is 4.98 Å². The van der Waals surface area contributed by atoms with E-state index in [0.29, 0.717) is 14.5 Å². The molecule has 10 heavy (non-hydrogen) atoms. The molecular weight excluding hydrogens is 239 g/mol. The second kappa shape index (κ2) is 2.95. The summed E-state index contributed by atoms with van der Waals surface area (Å²) in [5.74, 6) is 0.276. The standard InChI is InChI=1S/C5H3BrCl2N2/c6-3-2(7)1-10-5(9)4(3)8/h1H,(H2,9,10). The Morgan fingerprint density at radius 3 is 2.60 bits per heavy atom. The summed E-state index contributed by atoms with van der Waals surface area (Å²) >= 11 is 14.4. The number of anilines is 1. The van der Waals surface area contributed by atoms with Crippen molar-refractivity contribution in [3.05, 3.63) is 20.7 Å². The van der Waals surface area contributed by atoms with Crippen molar-refractivity contribution < 1.29 is 0 Å². The molecule has 0 spiro atoms. The topological polar surface area (TPSA) is 38.9 Å². The molecule has 1 aromatic heterocycles. The molecule has 0 fully saturated rings. The van der Waals surface area contributed by atoms with Crippen LogP contribution in [0.4, 0.5) is 5.82 Å². The van der Waals surface area contributed by atoms with Crippen molar-refractivity contribution in [2.24, 2.45) is 0 Å². The largest absolute Gasteiger partial charge is 0.382 e. The zero-order valence-electron chi connectivity index (χ0n) is 4.74. The van der Waals surface area contributed by atoms with Gasteiger partial charge in [-0.15, -0.1) is 0 Å². The van der Waals surface area contributed by atoms with Gasteiger partial charge in [0, 0.05) is 6.20 Å². The Bertz CT molecular complexity index is 237. The Labute approximate surface area is 76.5 Å². The summed E-state index contributed by atoms with van der Waals surface area (Å²) in [6, 6.07) is 0. The summed E-state index contributed by atoms with van der Waals surface area (Å²) in [6.07, 6.45) is 1.44. The average molecular weight is 242 g/mol. The minimum atomic E-state index is 0.276. The van der Waals surface area contributed by atoms with Gasteiger partial charge in [0.15, 0.2) is 0 Å². The first kappa shape index (κ1) is 8.11. The van der Waals surface area contributed by atoms with E-state index in [0.717, 1.165) is 0 Å². The van der Waals surface area contributed by atoms with Crippen LogP contribution in [0.15, 0.2) is 10.7 Å². The number of hydrogen-bond acceptors (Lipinski definition) is 2. The predicted octanol–water partition coefficient (Wildman–Crippen LogP) is 2.73. The fourth-order valence-electron chi connectivity index (χ4n) is 0.457. The molecule has 0 amide bonds. The zero-order valence-corrected chi connectivity index (χ0v) is 7.83. The first-order chi connectivity index (χ1) is 4.63. The maximum atomic E-state index is 5.66. The van der Waals surface area contributed by atoms with E-state index < -0.39 is 0 Å². The van der Waals surface area contributed by atoms with Crippen molar-refractivity contribution in [2.45, 2.75) is 0 Å². The summed E-state index contributed by atoms with van der Waals surface area (Å²) in [6.45, 7) is 0. The minimum absolute atomic E-state index is 0.276. The summed E-state index contributed by atoms with van der Waals surface area (Å²) in [7, 11) is 0. The van der Waals surface area contributed by atoms with Crippen molar-refractivity contribution in [1.29, 1.82) is 0 Å². The number of nitrogen functional groups attached to an aromatic ring is 1. The summed E-state index contributed by atoms with van der Waals surface area (Å²) < 4.78 is 0.586. The van der Waals surface area contributed by atoms with E-state index in [1.54, 1.807) is 0 Å². The van der Waals surface area contributed by atoms with Crippen LogP contribution >= 0.6 is 39.1 Å². The fourth-order valence-corrected chi connectivity index (χ4v) is 1.10. The van der Waals surface area contributed by atoms with Crippen molar-refractivity contribution in [2.75, 3.05) is 5.73 Å². The van der Waals surface area contributed by atoms with Crippen molar-refractivity contribution >= 4 is 44.9 Å². The number of nitrogens with two attached hydrogens (primary N) is 1. The lowest BCUT2D eigenvalue weighted by atomic mass is 10.5. The highest BCUT2D eigenvalue weighted by Gasteiger charge is 2.05. The van der Waals surface area contributed by atoms with Crippen LogP contribution in [0, 0.1) is 0 Å². The summed E-state index contributed by atoms with van der Waals surface area (Å²) in [4.78, 5) is 3.72. The van der Waals surface area contributed by atoms with E-state index in [2.05, 4.69) is 20.9 Å². The number of hydrogen-bond donors (Lipinski definition) is 1. The first-order valence-electron chi connectivity index (χ1n) is 2.38. The van der Waals surface area contributed by atoms with Crippen LogP contribution in [0.3, 0.4) is 0 Å². The highest BCUT2D eigenvalue weighted by Crippen LogP contribution is 2.32. The van der Waals surface area contributed by atoms with Gasteiger partial charge >= 0.3 is 0 Å². The van der Waals surface area contributed by atoms with E-state index in [4.69, 9.17) is 28.9 Å². The van der Waals surface area contributed by atoms with Crippen LogP contribution in [0.1, 0.15) is 0 Å². The lowest BCUT2D eigenvalue weighted by Crippen LogP contribution is -1.90. The number of rotatable bonds is 0. The lowest BCUT2D eigenvalue weighted by Gasteiger charge is -1.99. The van der Waals surface area contributed by atoms with Gasteiger partial charge in [0.2, 0.25) is 0 Å². The molecule has 2 N–H and O–H groups in total. The quantitative estimate of drug-likeness (QED) is 0.759. The summed E-state index contributed by atoms with van der Waals surface area (Å²) in [5.41, 5.74) is 5.36. The minimum Gasteiger partial charge on any atom is -0.382 e. The van der Waals surface area contributed by atoms with Crippen LogP contribution in [0.2, 0.25) is 10.0 Å².